The minimum atomic E-state index is -0.247. The molecule has 0 amide bonds. The molecule has 0 bridgehead atoms. The molecule has 0 spiro atoms. The van der Waals surface area contributed by atoms with Crippen LogP contribution in [0, 0.1) is 11.7 Å². The number of nitrogens with two attached hydrogens (primary N) is 1. The molecule has 1 rings (SSSR count). The van der Waals surface area contributed by atoms with E-state index in [2.05, 4.69) is 35.2 Å². The second-order valence-corrected chi connectivity index (χ2v) is 4.66. The van der Waals surface area contributed by atoms with E-state index in [1.165, 1.54) is 6.07 Å². The van der Waals surface area contributed by atoms with E-state index in [9.17, 15) is 4.39 Å². The third-order valence-corrected chi connectivity index (χ3v) is 3.85. The van der Waals surface area contributed by atoms with Gasteiger partial charge in [0, 0.05) is 6.04 Å². The number of benzene rings is 1. The maximum atomic E-state index is 13.4. The molecular weight excluding hydrogens is 271 g/mol. The molecule has 0 aliphatic rings. The average Bonchev–Trinajstić information content (AvgIpc) is 2.30. The summed E-state index contributed by atoms with van der Waals surface area (Å²) in [7, 11) is 0. The van der Waals surface area contributed by atoms with Gasteiger partial charge in [0.05, 0.1) is 4.47 Å². The molecule has 1 atom stereocenters. The number of hydrogen-bond donors (Lipinski definition) is 2. The van der Waals surface area contributed by atoms with Crippen LogP contribution < -0.4 is 11.3 Å². The van der Waals surface area contributed by atoms with Crippen molar-refractivity contribution in [1.82, 2.24) is 5.43 Å². The largest absolute Gasteiger partial charge is 0.271 e. The fourth-order valence-electron chi connectivity index (χ4n) is 2.00. The number of hydrazine groups is 1. The van der Waals surface area contributed by atoms with Gasteiger partial charge in [0.2, 0.25) is 0 Å². The van der Waals surface area contributed by atoms with Crippen LogP contribution in [0.5, 0.6) is 0 Å². The van der Waals surface area contributed by atoms with Crippen molar-refractivity contribution in [2.75, 3.05) is 0 Å². The highest BCUT2D eigenvalue weighted by molar-refractivity contribution is 9.10. The highest BCUT2D eigenvalue weighted by atomic mass is 79.9. The molecular formula is C12H18BrFN2. The quantitative estimate of drug-likeness (QED) is 0.643. The van der Waals surface area contributed by atoms with Crippen LogP contribution in [-0.2, 0) is 0 Å². The van der Waals surface area contributed by atoms with Crippen LogP contribution in [0.3, 0.4) is 0 Å². The lowest BCUT2D eigenvalue weighted by Gasteiger charge is -2.26. The predicted molar refractivity (Wildman–Crippen MR) is 68.2 cm³/mol. The first-order chi connectivity index (χ1) is 7.65. The van der Waals surface area contributed by atoms with Crippen molar-refractivity contribution in [1.29, 1.82) is 0 Å². The molecule has 0 radical (unpaired) electrons. The minimum Gasteiger partial charge on any atom is -0.271 e. The Labute approximate surface area is 105 Å². The standard InChI is InChI=1S/C12H18BrFN2/c1-3-8(4-2)12(16-15)9-6-5-7-10(14)11(9)13/h5-8,12,16H,3-4,15H2,1-2H3. The maximum Gasteiger partial charge on any atom is 0.137 e. The molecule has 0 aliphatic heterocycles. The van der Waals surface area contributed by atoms with Gasteiger partial charge >= 0.3 is 0 Å². The average molecular weight is 289 g/mol. The van der Waals surface area contributed by atoms with E-state index in [0.717, 1.165) is 18.4 Å². The summed E-state index contributed by atoms with van der Waals surface area (Å²) in [5.74, 6) is 5.74. The fraction of sp³-hybridized carbons (Fsp3) is 0.500. The van der Waals surface area contributed by atoms with Crippen LogP contribution in [0.25, 0.3) is 0 Å². The van der Waals surface area contributed by atoms with Crippen molar-refractivity contribution in [3.63, 3.8) is 0 Å². The van der Waals surface area contributed by atoms with Gasteiger partial charge in [-0.15, -0.1) is 0 Å². The fourth-order valence-corrected chi connectivity index (χ4v) is 2.51. The first-order valence-corrected chi connectivity index (χ1v) is 6.35. The van der Waals surface area contributed by atoms with Gasteiger partial charge in [0.1, 0.15) is 5.82 Å². The van der Waals surface area contributed by atoms with Crippen molar-refractivity contribution in [3.8, 4) is 0 Å². The van der Waals surface area contributed by atoms with Crippen molar-refractivity contribution in [2.24, 2.45) is 11.8 Å². The van der Waals surface area contributed by atoms with E-state index >= 15 is 0 Å². The molecule has 0 aromatic heterocycles. The second kappa shape index (κ2) is 6.33. The topological polar surface area (TPSA) is 38.0 Å². The van der Waals surface area contributed by atoms with Crippen molar-refractivity contribution >= 4 is 15.9 Å². The molecule has 90 valence electrons. The Hall–Kier alpha value is -0.450. The summed E-state index contributed by atoms with van der Waals surface area (Å²) in [6.45, 7) is 4.23. The molecule has 16 heavy (non-hydrogen) atoms. The molecule has 1 unspecified atom stereocenters. The zero-order valence-corrected chi connectivity index (χ0v) is 11.2. The smallest absolute Gasteiger partial charge is 0.137 e. The van der Waals surface area contributed by atoms with Gasteiger partial charge in [0.15, 0.2) is 0 Å². The van der Waals surface area contributed by atoms with Crippen LogP contribution in [0.1, 0.15) is 38.3 Å². The molecule has 0 saturated heterocycles. The van der Waals surface area contributed by atoms with E-state index in [0.29, 0.717) is 10.4 Å². The normalized spacial score (nSPS) is 13.1. The van der Waals surface area contributed by atoms with Crippen molar-refractivity contribution in [3.05, 3.63) is 34.1 Å². The highest BCUT2D eigenvalue weighted by Crippen LogP contribution is 2.32. The van der Waals surface area contributed by atoms with Crippen LogP contribution in [0.4, 0.5) is 4.39 Å². The molecule has 0 heterocycles. The summed E-state index contributed by atoms with van der Waals surface area (Å²) in [5.41, 5.74) is 3.68. The van der Waals surface area contributed by atoms with Crippen LogP contribution >= 0.6 is 15.9 Å². The highest BCUT2D eigenvalue weighted by Gasteiger charge is 2.22. The Morgan fingerprint density at radius 3 is 2.50 bits per heavy atom. The lowest BCUT2D eigenvalue weighted by Crippen LogP contribution is -2.33. The Kier molecular flexibility index (Phi) is 5.38. The van der Waals surface area contributed by atoms with Gasteiger partial charge in [-0.2, -0.15) is 0 Å². The van der Waals surface area contributed by atoms with Gasteiger partial charge in [-0.05, 0) is 33.5 Å². The molecule has 1 aromatic rings. The van der Waals surface area contributed by atoms with E-state index in [1.807, 2.05) is 6.07 Å². The Morgan fingerprint density at radius 1 is 1.38 bits per heavy atom. The van der Waals surface area contributed by atoms with E-state index < -0.39 is 0 Å². The summed E-state index contributed by atoms with van der Waals surface area (Å²) in [5, 5.41) is 0. The zero-order valence-electron chi connectivity index (χ0n) is 9.63. The van der Waals surface area contributed by atoms with Crippen molar-refractivity contribution in [2.45, 2.75) is 32.7 Å². The third-order valence-electron chi connectivity index (χ3n) is 3.02. The second-order valence-electron chi connectivity index (χ2n) is 3.86. The lowest BCUT2D eigenvalue weighted by molar-refractivity contribution is 0.343. The van der Waals surface area contributed by atoms with Gasteiger partial charge in [-0.1, -0.05) is 38.8 Å². The number of nitrogens with one attached hydrogen (secondary N) is 1. The lowest BCUT2D eigenvalue weighted by atomic mass is 9.89. The van der Waals surface area contributed by atoms with E-state index in [4.69, 9.17) is 5.84 Å². The molecule has 0 fully saturated rings. The number of hydrogen-bond acceptors (Lipinski definition) is 2. The summed E-state index contributed by atoms with van der Waals surface area (Å²) < 4.78 is 13.9. The number of rotatable bonds is 5. The summed E-state index contributed by atoms with van der Waals surface area (Å²) >= 11 is 3.28. The van der Waals surface area contributed by atoms with Gasteiger partial charge in [0.25, 0.3) is 0 Å². The monoisotopic (exact) mass is 288 g/mol. The summed E-state index contributed by atoms with van der Waals surface area (Å²) in [6.07, 6.45) is 2.02. The van der Waals surface area contributed by atoms with Crippen LogP contribution in [-0.4, -0.2) is 0 Å². The molecule has 1 aromatic carbocycles. The molecule has 4 heteroatoms. The Morgan fingerprint density at radius 2 is 2.00 bits per heavy atom. The van der Waals surface area contributed by atoms with E-state index in [-0.39, 0.29) is 11.9 Å². The minimum absolute atomic E-state index is 0.0138. The maximum absolute atomic E-state index is 13.4. The van der Waals surface area contributed by atoms with Gasteiger partial charge in [-0.3, -0.25) is 11.3 Å². The predicted octanol–water partition coefficient (Wildman–Crippen LogP) is 3.53. The third kappa shape index (κ3) is 2.81. The molecule has 0 aliphatic carbocycles. The Bertz CT molecular complexity index is 340. The summed E-state index contributed by atoms with van der Waals surface area (Å²) in [4.78, 5) is 0. The van der Waals surface area contributed by atoms with Gasteiger partial charge in [-0.25, -0.2) is 4.39 Å². The molecule has 2 nitrogen and oxygen atoms in total. The van der Waals surface area contributed by atoms with Gasteiger partial charge < -0.3 is 0 Å². The first-order valence-electron chi connectivity index (χ1n) is 5.55. The number of halogens is 2. The SMILES string of the molecule is CCC(CC)C(NN)c1cccc(F)c1Br. The van der Waals surface area contributed by atoms with E-state index in [1.54, 1.807) is 6.07 Å². The summed E-state index contributed by atoms with van der Waals surface area (Å²) in [6, 6.07) is 5.03. The Balaban J connectivity index is 3.07. The first kappa shape index (κ1) is 13.6. The zero-order chi connectivity index (χ0) is 12.1. The molecule has 0 saturated carbocycles. The van der Waals surface area contributed by atoms with Crippen molar-refractivity contribution < 1.29 is 4.39 Å². The van der Waals surface area contributed by atoms with Crippen LogP contribution in [0.2, 0.25) is 0 Å². The van der Waals surface area contributed by atoms with Crippen LogP contribution in [0.15, 0.2) is 22.7 Å². The molecule has 3 N–H and O–H groups in total.